The number of amides is 1. The molecule has 1 amide bonds. The van der Waals surface area contributed by atoms with Gasteiger partial charge in [-0.1, -0.05) is 25.1 Å². The van der Waals surface area contributed by atoms with Gasteiger partial charge in [-0.05, 0) is 73.4 Å². The van der Waals surface area contributed by atoms with E-state index >= 15 is 0 Å². The fraction of sp³-hybridized carbons (Fsp3) is 0.267. The van der Waals surface area contributed by atoms with E-state index in [9.17, 15) is 14.7 Å². The maximum Gasteiger partial charge on any atom is 0.300 e. The molecule has 0 spiro atoms. The minimum absolute atomic E-state index is 0.00537. The number of carbonyl (C=O) groups excluding carboxylic acids is 2. The standard InChI is InChI=1S/C30H31NO6/c1-6-13-37-23-12-8-10-21(17-23)31-27(20-9-7-11-22(16-20)35-4)26(29(33)30(31)34)28(32)24-14-19(3)25(36-5)15-18(24)2/h7-12,14-17,27,32H,6,13H2,1-5H3/b28-26+. The van der Waals surface area contributed by atoms with E-state index in [0.29, 0.717) is 46.2 Å². The number of ether oxygens (including phenoxy) is 3. The zero-order valence-corrected chi connectivity index (χ0v) is 21.7. The molecule has 1 saturated heterocycles. The molecule has 3 aromatic carbocycles. The van der Waals surface area contributed by atoms with E-state index in [1.54, 1.807) is 68.8 Å². The Bertz CT molecular complexity index is 1380. The van der Waals surface area contributed by atoms with Crippen LogP contribution in [0.3, 0.4) is 0 Å². The molecule has 1 heterocycles. The van der Waals surface area contributed by atoms with Crippen LogP contribution in [0.2, 0.25) is 0 Å². The normalized spacial score (nSPS) is 16.7. The Labute approximate surface area is 216 Å². The highest BCUT2D eigenvalue weighted by atomic mass is 16.5. The molecule has 0 radical (unpaired) electrons. The van der Waals surface area contributed by atoms with Crippen molar-refractivity contribution in [3.63, 3.8) is 0 Å². The molecule has 4 rings (SSSR count). The van der Waals surface area contributed by atoms with Crippen molar-refractivity contribution in [1.82, 2.24) is 0 Å². The van der Waals surface area contributed by atoms with E-state index in [0.717, 1.165) is 12.0 Å². The first kappa shape index (κ1) is 25.8. The third kappa shape index (κ3) is 4.89. The van der Waals surface area contributed by atoms with Crippen LogP contribution in [0.15, 0.2) is 66.2 Å². The van der Waals surface area contributed by atoms with Gasteiger partial charge in [0.15, 0.2) is 0 Å². The molecule has 37 heavy (non-hydrogen) atoms. The molecule has 7 nitrogen and oxygen atoms in total. The van der Waals surface area contributed by atoms with Crippen molar-refractivity contribution in [3.8, 4) is 17.2 Å². The molecule has 192 valence electrons. The van der Waals surface area contributed by atoms with E-state index in [1.165, 1.54) is 4.90 Å². The van der Waals surface area contributed by atoms with Crippen molar-refractivity contribution in [2.75, 3.05) is 25.7 Å². The largest absolute Gasteiger partial charge is 0.507 e. The summed E-state index contributed by atoms with van der Waals surface area (Å²) in [5.41, 5.74) is 3.09. The van der Waals surface area contributed by atoms with Gasteiger partial charge in [-0.2, -0.15) is 0 Å². The number of nitrogens with zero attached hydrogens (tertiary/aromatic N) is 1. The summed E-state index contributed by atoms with van der Waals surface area (Å²) in [5.74, 6) is 0.0906. The van der Waals surface area contributed by atoms with E-state index in [4.69, 9.17) is 14.2 Å². The van der Waals surface area contributed by atoms with Gasteiger partial charge in [0.2, 0.25) is 0 Å². The molecule has 1 atom stereocenters. The van der Waals surface area contributed by atoms with Crippen LogP contribution in [0, 0.1) is 13.8 Å². The second-order valence-corrected chi connectivity index (χ2v) is 8.93. The summed E-state index contributed by atoms with van der Waals surface area (Å²) in [6.07, 6.45) is 0.833. The van der Waals surface area contributed by atoms with Crippen molar-refractivity contribution < 1.29 is 28.9 Å². The highest BCUT2D eigenvalue weighted by Crippen LogP contribution is 2.44. The first-order valence-corrected chi connectivity index (χ1v) is 12.1. The fourth-order valence-corrected chi connectivity index (χ4v) is 4.58. The monoisotopic (exact) mass is 501 g/mol. The molecular weight excluding hydrogens is 470 g/mol. The number of carbonyl (C=O) groups is 2. The molecule has 0 saturated carbocycles. The lowest BCUT2D eigenvalue weighted by Crippen LogP contribution is -2.29. The van der Waals surface area contributed by atoms with Crippen LogP contribution in [0.25, 0.3) is 5.76 Å². The van der Waals surface area contributed by atoms with Gasteiger partial charge in [-0.25, -0.2) is 0 Å². The van der Waals surface area contributed by atoms with Gasteiger partial charge in [-0.15, -0.1) is 0 Å². The number of rotatable bonds is 8. The minimum atomic E-state index is -0.877. The molecule has 1 fully saturated rings. The van der Waals surface area contributed by atoms with Crippen molar-refractivity contribution in [3.05, 3.63) is 88.5 Å². The number of benzene rings is 3. The Balaban J connectivity index is 1.94. The molecule has 1 aliphatic rings. The Hall–Kier alpha value is -4.26. The fourth-order valence-electron chi connectivity index (χ4n) is 4.58. The second-order valence-electron chi connectivity index (χ2n) is 8.93. The number of ketones is 1. The lowest BCUT2D eigenvalue weighted by molar-refractivity contribution is -0.132. The smallest absolute Gasteiger partial charge is 0.300 e. The maximum absolute atomic E-state index is 13.5. The summed E-state index contributed by atoms with van der Waals surface area (Å²) in [6.45, 7) is 6.21. The molecular formula is C30H31NO6. The van der Waals surface area contributed by atoms with Crippen LogP contribution >= 0.6 is 0 Å². The van der Waals surface area contributed by atoms with Crippen LogP contribution in [0.1, 0.15) is 41.6 Å². The summed E-state index contributed by atoms with van der Waals surface area (Å²) in [5, 5.41) is 11.6. The zero-order valence-electron chi connectivity index (χ0n) is 21.7. The van der Waals surface area contributed by atoms with Gasteiger partial charge in [0, 0.05) is 17.3 Å². The van der Waals surface area contributed by atoms with Crippen molar-refractivity contribution >= 4 is 23.1 Å². The van der Waals surface area contributed by atoms with Crippen molar-refractivity contribution in [2.24, 2.45) is 0 Å². The zero-order chi connectivity index (χ0) is 26.7. The predicted molar refractivity (Wildman–Crippen MR) is 142 cm³/mol. The van der Waals surface area contributed by atoms with Crippen LogP contribution in [0.4, 0.5) is 5.69 Å². The lowest BCUT2D eigenvalue weighted by atomic mass is 9.93. The van der Waals surface area contributed by atoms with Gasteiger partial charge in [-0.3, -0.25) is 14.5 Å². The van der Waals surface area contributed by atoms with Gasteiger partial charge in [0.25, 0.3) is 11.7 Å². The first-order chi connectivity index (χ1) is 17.8. The van der Waals surface area contributed by atoms with E-state index in [1.807, 2.05) is 26.8 Å². The number of anilines is 1. The summed E-state index contributed by atoms with van der Waals surface area (Å²) in [7, 11) is 3.13. The number of hydrogen-bond donors (Lipinski definition) is 1. The average Bonchev–Trinajstić information content (AvgIpc) is 3.18. The average molecular weight is 502 g/mol. The van der Waals surface area contributed by atoms with Crippen molar-refractivity contribution in [2.45, 2.75) is 33.2 Å². The van der Waals surface area contributed by atoms with E-state index < -0.39 is 17.7 Å². The Morgan fingerprint density at radius 2 is 1.65 bits per heavy atom. The number of Topliss-reactive ketones (excluding diaryl/α,β-unsaturated/α-hetero) is 1. The van der Waals surface area contributed by atoms with E-state index in [2.05, 4.69) is 0 Å². The topological polar surface area (TPSA) is 85.3 Å². The van der Waals surface area contributed by atoms with Gasteiger partial charge in [0.05, 0.1) is 32.4 Å². The van der Waals surface area contributed by atoms with Gasteiger partial charge >= 0.3 is 0 Å². The highest BCUT2D eigenvalue weighted by Gasteiger charge is 2.47. The van der Waals surface area contributed by atoms with Gasteiger partial charge in [0.1, 0.15) is 23.0 Å². The molecule has 0 aliphatic carbocycles. The third-order valence-electron chi connectivity index (χ3n) is 6.42. The molecule has 3 aromatic rings. The summed E-state index contributed by atoms with van der Waals surface area (Å²) >= 11 is 0. The summed E-state index contributed by atoms with van der Waals surface area (Å²) < 4.78 is 16.6. The quantitative estimate of drug-likeness (QED) is 0.241. The SMILES string of the molecule is CCCOc1cccc(N2C(=O)C(=O)/C(=C(/O)c3cc(C)c(OC)cc3C)C2c2cccc(OC)c2)c1. The van der Waals surface area contributed by atoms with E-state index in [-0.39, 0.29) is 11.3 Å². The molecule has 1 unspecified atom stereocenters. The Morgan fingerprint density at radius 3 is 2.35 bits per heavy atom. The van der Waals surface area contributed by atoms with Gasteiger partial charge < -0.3 is 19.3 Å². The molecule has 1 N–H and O–H groups in total. The van der Waals surface area contributed by atoms with Crippen LogP contribution in [-0.4, -0.2) is 37.6 Å². The van der Waals surface area contributed by atoms with Crippen LogP contribution < -0.4 is 19.1 Å². The summed E-state index contributed by atoms with van der Waals surface area (Å²) in [6, 6.07) is 16.9. The Morgan fingerprint density at radius 1 is 0.919 bits per heavy atom. The number of aliphatic hydroxyl groups excluding tert-OH is 1. The third-order valence-corrected chi connectivity index (χ3v) is 6.42. The molecule has 0 bridgehead atoms. The summed E-state index contributed by atoms with van der Waals surface area (Å²) in [4.78, 5) is 28.4. The lowest BCUT2D eigenvalue weighted by Gasteiger charge is -2.26. The molecule has 7 heteroatoms. The molecule has 0 aromatic heterocycles. The van der Waals surface area contributed by atoms with Crippen molar-refractivity contribution in [1.29, 1.82) is 0 Å². The minimum Gasteiger partial charge on any atom is -0.507 e. The predicted octanol–water partition coefficient (Wildman–Crippen LogP) is 5.74. The maximum atomic E-state index is 13.5. The number of methoxy groups -OCH3 is 2. The second kappa shape index (κ2) is 10.8. The molecule has 1 aliphatic heterocycles. The van der Waals surface area contributed by atoms with Crippen LogP contribution in [-0.2, 0) is 9.59 Å². The van der Waals surface area contributed by atoms with Crippen LogP contribution in [0.5, 0.6) is 17.2 Å². The Kier molecular flexibility index (Phi) is 7.53. The first-order valence-electron chi connectivity index (χ1n) is 12.1. The number of aryl methyl sites for hydroxylation is 2. The highest BCUT2D eigenvalue weighted by molar-refractivity contribution is 6.51. The number of aliphatic hydroxyl groups is 1. The number of hydrogen-bond acceptors (Lipinski definition) is 6.